The molecule has 0 saturated carbocycles. The molecule has 0 fully saturated rings. The monoisotopic (exact) mass is 295 g/mol. The Morgan fingerprint density at radius 2 is 2.25 bits per heavy atom. The van der Waals surface area contributed by atoms with Crippen LogP contribution < -0.4 is 14.8 Å². The normalized spacial score (nSPS) is 16.9. The van der Waals surface area contributed by atoms with E-state index in [-0.39, 0.29) is 17.2 Å². The molecular weight excluding hydrogens is 285 g/mol. The molecule has 0 radical (unpaired) electrons. The summed E-state index contributed by atoms with van der Waals surface area (Å²) in [5, 5.41) is 2.80. The molecule has 2 aromatic rings. The van der Waals surface area contributed by atoms with E-state index in [9.17, 15) is 4.39 Å². The van der Waals surface area contributed by atoms with E-state index in [2.05, 4.69) is 15.3 Å². The fourth-order valence-corrected chi connectivity index (χ4v) is 1.96. The minimum atomic E-state index is -0.585. The van der Waals surface area contributed by atoms with Gasteiger partial charge in [0, 0.05) is 11.8 Å². The van der Waals surface area contributed by atoms with Crippen molar-refractivity contribution in [2.75, 3.05) is 11.9 Å². The van der Waals surface area contributed by atoms with Crippen molar-refractivity contribution in [2.45, 2.75) is 13.0 Å². The molecule has 1 aliphatic rings. The van der Waals surface area contributed by atoms with Gasteiger partial charge in [0.15, 0.2) is 23.1 Å². The van der Waals surface area contributed by atoms with Gasteiger partial charge in [-0.3, -0.25) is 0 Å². The highest BCUT2D eigenvalue weighted by molar-refractivity contribution is 6.28. The molecule has 3 rings (SSSR count). The summed E-state index contributed by atoms with van der Waals surface area (Å²) in [5.74, 6) is 0.692. The number of halogens is 2. The number of nitrogens with one attached hydrogen (secondary N) is 1. The van der Waals surface area contributed by atoms with Crippen molar-refractivity contribution in [1.29, 1.82) is 0 Å². The van der Waals surface area contributed by atoms with Gasteiger partial charge in [0.2, 0.25) is 5.28 Å². The van der Waals surface area contributed by atoms with Crippen LogP contribution in [0.5, 0.6) is 11.5 Å². The third kappa shape index (κ3) is 2.60. The molecule has 104 valence electrons. The fraction of sp³-hybridized carbons (Fsp3) is 0.231. The molecule has 1 unspecified atom stereocenters. The molecule has 5 nitrogen and oxygen atoms in total. The molecule has 0 amide bonds. The maximum atomic E-state index is 13.5. The van der Waals surface area contributed by atoms with E-state index in [0.717, 1.165) is 6.20 Å². The predicted octanol–water partition coefficient (Wildman–Crippen LogP) is 3.17. The molecule has 20 heavy (non-hydrogen) atoms. The zero-order chi connectivity index (χ0) is 14.1. The van der Waals surface area contributed by atoms with Gasteiger partial charge in [-0.05, 0) is 30.7 Å². The zero-order valence-corrected chi connectivity index (χ0v) is 11.3. The summed E-state index contributed by atoms with van der Waals surface area (Å²) in [5.41, 5.74) is 0.621. The van der Waals surface area contributed by atoms with Crippen molar-refractivity contribution in [3.8, 4) is 11.5 Å². The van der Waals surface area contributed by atoms with Crippen molar-refractivity contribution >= 4 is 23.1 Å². The Kier molecular flexibility index (Phi) is 3.31. The van der Waals surface area contributed by atoms with Crippen molar-refractivity contribution in [3.63, 3.8) is 0 Å². The summed E-state index contributed by atoms with van der Waals surface area (Å²) in [4.78, 5) is 7.34. The third-order valence-electron chi connectivity index (χ3n) is 2.72. The van der Waals surface area contributed by atoms with Crippen molar-refractivity contribution in [3.05, 3.63) is 35.5 Å². The van der Waals surface area contributed by atoms with E-state index >= 15 is 0 Å². The number of ether oxygens (including phenoxy) is 2. The second kappa shape index (κ2) is 5.13. The van der Waals surface area contributed by atoms with E-state index in [0.29, 0.717) is 23.8 Å². The van der Waals surface area contributed by atoms with Crippen molar-refractivity contribution in [1.82, 2.24) is 9.97 Å². The van der Waals surface area contributed by atoms with Crippen molar-refractivity contribution in [2.24, 2.45) is 0 Å². The molecule has 1 aliphatic heterocycles. The highest BCUT2D eigenvalue weighted by Gasteiger charge is 2.17. The van der Waals surface area contributed by atoms with E-state index in [1.54, 1.807) is 18.2 Å². The SMILES string of the molecule is CC1COc2cc(Nc3nc(Cl)ncc3F)ccc2O1. The number of benzene rings is 1. The Labute approximate surface area is 119 Å². The standard InChI is InChI=1S/C13H11ClFN3O2/c1-7-6-19-11-4-8(2-3-10(11)20-7)17-12-9(15)5-16-13(14)18-12/h2-5,7H,6H2,1H3,(H,16,17,18). The lowest BCUT2D eigenvalue weighted by molar-refractivity contribution is 0.104. The van der Waals surface area contributed by atoms with Crippen LogP contribution >= 0.6 is 11.6 Å². The predicted molar refractivity (Wildman–Crippen MR) is 72.3 cm³/mol. The first kappa shape index (κ1) is 12.9. The lowest BCUT2D eigenvalue weighted by Gasteiger charge is -2.24. The Morgan fingerprint density at radius 3 is 3.10 bits per heavy atom. The van der Waals surface area contributed by atoms with Gasteiger partial charge in [0.25, 0.3) is 0 Å². The summed E-state index contributed by atoms with van der Waals surface area (Å²) in [6.45, 7) is 2.40. The maximum Gasteiger partial charge on any atom is 0.224 e. The van der Waals surface area contributed by atoms with Crippen LogP contribution in [-0.4, -0.2) is 22.7 Å². The van der Waals surface area contributed by atoms with Gasteiger partial charge in [0.1, 0.15) is 12.7 Å². The molecule has 1 atom stereocenters. The zero-order valence-electron chi connectivity index (χ0n) is 10.6. The number of aromatic nitrogens is 2. The quantitative estimate of drug-likeness (QED) is 0.862. The van der Waals surface area contributed by atoms with Crippen molar-refractivity contribution < 1.29 is 13.9 Å². The van der Waals surface area contributed by atoms with Crippen LogP contribution in [0.4, 0.5) is 15.9 Å². The Hall–Kier alpha value is -2.08. The molecule has 1 aromatic heterocycles. The minimum Gasteiger partial charge on any atom is -0.486 e. The summed E-state index contributed by atoms with van der Waals surface area (Å²) in [7, 11) is 0. The van der Waals surface area contributed by atoms with E-state index in [1.807, 2.05) is 6.92 Å². The number of hydrogen-bond donors (Lipinski definition) is 1. The largest absolute Gasteiger partial charge is 0.486 e. The second-order valence-corrected chi connectivity index (χ2v) is 4.70. The van der Waals surface area contributed by atoms with Gasteiger partial charge in [-0.25, -0.2) is 9.37 Å². The Balaban J connectivity index is 1.86. The van der Waals surface area contributed by atoms with Gasteiger partial charge in [-0.2, -0.15) is 4.98 Å². The van der Waals surface area contributed by atoms with Gasteiger partial charge >= 0.3 is 0 Å². The lowest BCUT2D eigenvalue weighted by Crippen LogP contribution is -2.25. The average Bonchev–Trinajstić information content (AvgIpc) is 2.43. The van der Waals surface area contributed by atoms with Crippen LogP contribution in [0.1, 0.15) is 6.92 Å². The van der Waals surface area contributed by atoms with Crippen LogP contribution in [0.3, 0.4) is 0 Å². The van der Waals surface area contributed by atoms with Crippen LogP contribution in [0.25, 0.3) is 0 Å². The molecule has 2 heterocycles. The summed E-state index contributed by atoms with van der Waals surface area (Å²) < 4.78 is 24.7. The number of fused-ring (bicyclic) bond motifs is 1. The van der Waals surface area contributed by atoms with Gasteiger partial charge in [-0.15, -0.1) is 0 Å². The van der Waals surface area contributed by atoms with E-state index < -0.39 is 5.82 Å². The summed E-state index contributed by atoms with van der Waals surface area (Å²) in [6, 6.07) is 5.22. The molecular formula is C13H11ClFN3O2. The summed E-state index contributed by atoms with van der Waals surface area (Å²) in [6.07, 6.45) is 1.02. The summed E-state index contributed by atoms with van der Waals surface area (Å²) >= 11 is 5.64. The van der Waals surface area contributed by atoms with Crippen LogP contribution in [0.15, 0.2) is 24.4 Å². The topological polar surface area (TPSA) is 56.3 Å². The molecule has 1 aromatic carbocycles. The Morgan fingerprint density at radius 1 is 1.40 bits per heavy atom. The molecule has 0 bridgehead atoms. The smallest absolute Gasteiger partial charge is 0.224 e. The van der Waals surface area contributed by atoms with Crippen LogP contribution in [-0.2, 0) is 0 Å². The number of rotatable bonds is 2. The van der Waals surface area contributed by atoms with Gasteiger partial charge in [-0.1, -0.05) is 0 Å². The van der Waals surface area contributed by atoms with Gasteiger partial charge < -0.3 is 14.8 Å². The highest BCUT2D eigenvalue weighted by Crippen LogP contribution is 2.35. The first-order valence-electron chi connectivity index (χ1n) is 6.00. The average molecular weight is 296 g/mol. The number of anilines is 2. The number of hydrogen-bond acceptors (Lipinski definition) is 5. The fourth-order valence-electron chi connectivity index (χ4n) is 1.82. The molecule has 0 spiro atoms. The molecule has 1 N–H and O–H groups in total. The van der Waals surface area contributed by atoms with Crippen LogP contribution in [0, 0.1) is 5.82 Å². The Bertz CT molecular complexity index is 654. The molecule has 0 saturated heterocycles. The third-order valence-corrected chi connectivity index (χ3v) is 2.90. The van der Waals surface area contributed by atoms with Crippen LogP contribution in [0.2, 0.25) is 5.28 Å². The lowest BCUT2D eigenvalue weighted by atomic mass is 10.2. The highest BCUT2D eigenvalue weighted by atomic mass is 35.5. The van der Waals surface area contributed by atoms with Gasteiger partial charge in [0.05, 0.1) is 6.20 Å². The maximum absolute atomic E-state index is 13.5. The first-order chi connectivity index (χ1) is 9.61. The minimum absolute atomic E-state index is 0.00930. The molecule has 7 heteroatoms. The second-order valence-electron chi connectivity index (χ2n) is 4.36. The first-order valence-corrected chi connectivity index (χ1v) is 6.38. The number of nitrogens with zero attached hydrogens (tertiary/aromatic N) is 2. The molecule has 0 aliphatic carbocycles. The van der Waals surface area contributed by atoms with E-state index in [4.69, 9.17) is 21.1 Å². The van der Waals surface area contributed by atoms with E-state index in [1.165, 1.54) is 0 Å².